The molecule has 0 spiro atoms. The summed E-state index contributed by atoms with van der Waals surface area (Å²) in [5, 5.41) is 0. The highest BCUT2D eigenvalue weighted by atomic mass is 35.5. The Bertz CT molecular complexity index is 524. The van der Waals surface area contributed by atoms with E-state index in [0.717, 1.165) is 36.4 Å². The minimum Gasteiger partial charge on any atom is -0.454 e. The Morgan fingerprint density at radius 3 is 2.95 bits per heavy atom. The van der Waals surface area contributed by atoms with Gasteiger partial charge in [-0.15, -0.1) is 12.4 Å². The van der Waals surface area contributed by atoms with E-state index in [1.807, 2.05) is 30.0 Å². The molecule has 2 unspecified atom stereocenters. The fourth-order valence-corrected chi connectivity index (χ4v) is 2.88. The minimum atomic E-state index is -0.121. The van der Waals surface area contributed by atoms with E-state index in [4.69, 9.17) is 15.2 Å². The van der Waals surface area contributed by atoms with Crippen molar-refractivity contribution >= 4 is 18.3 Å². The van der Waals surface area contributed by atoms with Crippen LogP contribution in [0.3, 0.4) is 0 Å². The van der Waals surface area contributed by atoms with Gasteiger partial charge in [-0.05, 0) is 30.5 Å². The van der Waals surface area contributed by atoms with Gasteiger partial charge in [-0.3, -0.25) is 4.79 Å². The number of carbonyl (C=O) groups excluding carboxylic acids is 1. The molecule has 1 aromatic rings. The van der Waals surface area contributed by atoms with Gasteiger partial charge in [0.1, 0.15) is 0 Å². The van der Waals surface area contributed by atoms with Crippen molar-refractivity contribution in [2.45, 2.75) is 25.8 Å². The van der Waals surface area contributed by atoms with E-state index in [1.165, 1.54) is 0 Å². The summed E-state index contributed by atoms with van der Waals surface area (Å²) in [7, 11) is 0. The number of halogens is 1. The molecule has 1 amide bonds. The first kappa shape index (κ1) is 15.9. The van der Waals surface area contributed by atoms with Crippen molar-refractivity contribution in [1.82, 2.24) is 4.90 Å². The van der Waals surface area contributed by atoms with E-state index in [1.54, 1.807) is 0 Å². The summed E-state index contributed by atoms with van der Waals surface area (Å²) >= 11 is 0. The van der Waals surface area contributed by atoms with Gasteiger partial charge < -0.3 is 20.1 Å². The molecule has 116 valence electrons. The van der Waals surface area contributed by atoms with Gasteiger partial charge in [-0.25, -0.2) is 0 Å². The molecule has 6 heteroatoms. The van der Waals surface area contributed by atoms with Gasteiger partial charge in [0.15, 0.2) is 11.5 Å². The van der Waals surface area contributed by atoms with Crippen LogP contribution in [0.1, 0.15) is 31.4 Å². The second-order valence-corrected chi connectivity index (χ2v) is 5.44. The highest BCUT2D eigenvalue weighted by Gasteiger charge is 2.32. The highest BCUT2D eigenvalue weighted by Crippen LogP contribution is 2.39. The molecule has 0 aromatic heterocycles. The quantitative estimate of drug-likeness (QED) is 0.928. The lowest BCUT2D eigenvalue weighted by Gasteiger charge is -2.27. The molecular weight excluding hydrogens is 292 g/mol. The number of likely N-dealkylation sites (tertiary alicyclic amines) is 1. The largest absolute Gasteiger partial charge is 0.454 e. The number of ether oxygens (including phenoxy) is 2. The molecule has 0 saturated carbocycles. The van der Waals surface area contributed by atoms with Crippen molar-refractivity contribution < 1.29 is 14.3 Å². The predicted octanol–water partition coefficient (Wildman–Crippen LogP) is 2.10. The number of hydrogen-bond donors (Lipinski definition) is 1. The van der Waals surface area contributed by atoms with Crippen LogP contribution < -0.4 is 15.2 Å². The molecule has 2 aliphatic rings. The number of nitrogens with two attached hydrogens (primary N) is 1. The summed E-state index contributed by atoms with van der Waals surface area (Å²) in [4.78, 5) is 14.3. The molecule has 2 heterocycles. The monoisotopic (exact) mass is 312 g/mol. The lowest BCUT2D eigenvalue weighted by molar-refractivity contribution is -0.135. The van der Waals surface area contributed by atoms with Crippen LogP contribution in [-0.4, -0.2) is 30.7 Å². The smallest absolute Gasteiger partial charge is 0.231 e. The number of fused-ring (bicyclic) bond motifs is 1. The first-order chi connectivity index (χ1) is 9.70. The number of amides is 1. The second kappa shape index (κ2) is 6.54. The lowest BCUT2D eigenvalue weighted by atomic mass is 10.0. The molecule has 0 aliphatic carbocycles. The Morgan fingerprint density at radius 1 is 1.43 bits per heavy atom. The molecule has 1 aromatic carbocycles. The zero-order chi connectivity index (χ0) is 14.1. The summed E-state index contributed by atoms with van der Waals surface area (Å²) in [5.74, 6) is 1.57. The van der Waals surface area contributed by atoms with Crippen molar-refractivity contribution in [2.75, 3.05) is 19.9 Å². The third-order valence-electron chi connectivity index (χ3n) is 4.09. The molecule has 0 radical (unpaired) electrons. The summed E-state index contributed by atoms with van der Waals surface area (Å²) in [6.45, 7) is 3.36. The topological polar surface area (TPSA) is 64.8 Å². The van der Waals surface area contributed by atoms with Crippen LogP contribution >= 0.6 is 12.4 Å². The summed E-state index contributed by atoms with van der Waals surface area (Å²) in [6, 6.07) is 6.07. The van der Waals surface area contributed by atoms with Crippen molar-refractivity contribution in [3.8, 4) is 11.5 Å². The van der Waals surface area contributed by atoms with Crippen LogP contribution in [0.2, 0.25) is 0 Å². The Morgan fingerprint density at radius 2 is 2.19 bits per heavy atom. The van der Waals surface area contributed by atoms with Gasteiger partial charge in [0.2, 0.25) is 12.7 Å². The zero-order valence-corrected chi connectivity index (χ0v) is 12.9. The van der Waals surface area contributed by atoms with E-state index in [0.29, 0.717) is 6.54 Å². The van der Waals surface area contributed by atoms with Crippen molar-refractivity contribution in [3.63, 3.8) is 0 Å². The van der Waals surface area contributed by atoms with Crippen LogP contribution in [0.25, 0.3) is 0 Å². The van der Waals surface area contributed by atoms with E-state index in [9.17, 15) is 4.79 Å². The first-order valence-electron chi connectivity index (χ1n) is 7.11. The third-order valence-corrected chi connectivity index (χ3v) is 4.09. The maximum atomic E-state index is 12.4. The molecule has 2 N–H and O–H groups in total. The third kappa shape index (κ3) is 2.94. The van der Waals surface area contributed by atoms with Gasteiger partial charge >= 0.3 is 0 Å². The molecular formula is C15H21ClN2O3. The van der Waals surface area contributed by atoms with Crippen LogP contribution in [-0.2, 0) is 4.79 Å². The summed E-state index contributed by atoms with van der Waals surface area (Å²) in [6.07, 6.45) is 2.02. The zero-order valence-electron chi connectivity index (χ0n) is 12.1. The van der Waals surface area contributed by atoms with Gasteiger partial charge in [0.05, 0.1) is 6.04 Å². The Hall–Kier alpha value is -1.46. The molecule has 3 rings (SSSR count). The van der Waals surface area contributed by atoms with Gasteiger partial charge in [-0.2, -0.15) is 0 Å². The van der Waals surface area contributed by atoms with Gasteiger partial charge in [0.25, 0.3) is 0 Å². The second-order valence-electron chi connectivity index (χ2n) is 5.44. The molecule has 2 atom stereocenters. The Labute approximate surface area is 130 Å². The maximum Gasteiger partial charge on any atom is 0.231 e. The average Bonchev–Trinajstić information content (AvgIpc) is 3.12. The standard InChI is InChI=1S/C15H20N2O3.ClH/c1-10(8-16)15(18)17-6-2-3-12(17)11-4-5-13-14(7-11)20-9-19-13;/h4-5,7,10,12H,2-3,6,8-9,16H2,1H3;1H. The number of benzene rings is 1. The molecule has 5 nitrogen and oxygen atoms in total. The number of rotatable bonds is 3. The van der Waals surface area contributed by atoms with Crippen molar-refractivity contribution in [1.29, 1.82) is 0 Å². The Balaban J connectivity index is 0.00000161. The average molecular weight is 313 g/mol. The fourth-order valence-electron chi connectivity index (χ4n) is 2.88. The summed E-state index contributed by atoms with van der Waals surface area (Å²) < 4.78 is 10.7. The maximum absolute atomic E-state index is 12.4. The van der Waals surface area contributed by atoms with E-state index in [2.05, 4.69) is 0 Å². The molecule has 2 aliphatic heterocycles. The number of carbonyl (C=O) groups is 1. The Kier molecular flexibility index (Phi) is 4.96. The van der Waals surface area contributed by atoms with E-state index >= 15 is 0 Å². The van der Waals surface area contributed by atoms with E-state index < -0.39 is 0 Å². The highest BCUT2D eigenvalue weighted by molar-refractivity contribution is 5.85. The molecule has 1 fully saturated rings. The van der Waals surface area contributed by atoms with Gasteiger partial charge in [0, 0.05) is 19.0 Å². The molecule has 1 saturated heterocycles. The van der Waals surface area contributed by atoms with Gasteiger partial charge in [-0.1, -0.05) is 13.0 Å². The fraction of sp³-hybridized carbons (Fsp3) is 0.533. The van der Waals surface area contributed by atoms with Crippen LogP contribution in [0.5, 0.6) is 11.5 Å². The lowest BCUT2D eigenvalue weighted by Crippen LogP contribution is -2.37. The predicted molar refractivity (Wildman–Crippen MR) is 81.7 cm³/mol. The van der Waals surface area contributed by atoms with Crippen LogP contribution in [0, 0.1) is 5.92 Å². The number of hydrogen-bond acceptors (Lipinski definition) is 4. The number of nitrogens with zero attached hydrogens (tertiary/aromatic N) is 1. The van der Waals surface area contributed by atoms with Crippen molar-refractivity contribution in [2.24, 2.45) is 11.7 Å². The van der Waals surface area contributed by atoms with E-state index in [-0.39, 0.29) is 37.1 Å². The SMILES string of the molecule is CC(CN)C(=O)N1CCCC1c1ccc2c(c1)OCO2.Cl. The molecule has 21 heavy (non-hydrogen) atoms. The summed E-state index contributed by atoms with van der Waals surface area (Å²) in [5.41, 5.74) is 6.73. The normalized spacial score (nSPS) is 21.0. The van der Waals surface area contributed by atoms with Crippen LogP contribution in [0.4, 0.5) is 0 Å². The minimum absolute atomic E-state index is 0. The molecule has 0 bridgehead atoms. The van der Waals surface area contributed by atoms with Crippen LogP contribution in [0.15, 0.2) is 18.2 Å². The first-order valence-corrected chi connectivity index (χ1v) is 7.11. The van der Waals surface area contributed by atoms with Crippen molar-refractivity contribution in [3.05, 3.63) is 23.8 Å².